The van der Waals surface area contributed by atoms with Gasteiger partial charge in [-0.15, -0.1) is 0 Å². The molecule has 0 radical (unpaired) electrons. The molecule has 0 spiro atoms. The maximum atomic E-state index is 10.7. The summed E-state index contributed by atoms with van der Waals surface area (Å²) >= 11 is 0. The van der Waals surface area contributed by atoms with Crippen LogP contribution in [0.5, 0.6) is 17.2 Å². The minimum absolute atomic E-state index is 0.0220. The Morgan fingerprint density at radius 2 is 1.68 bits per heavy atom. The Balaban J connectivity index is 2.18. The zero-order valence-corrected chi connectivity index (χ0v) is 10.7. The van der Waals surface area contributed by atoms with Crippen molar-refractivity contribution in [1.82, 2.24) is 0 Å². The smallest absolute Gasteiger partial charge is 0.455 e. The van der Waals surface area contributed by atoms with Crippen LogP contribution in [0, 0.1) is 0 Å². The molecule has 7 heteroatoms. The highest BCUT2D eigenvalue weighted by Crippen LogP contribution is 2.40. The normalized spacial score (nSPS) is 11.1. The molecule has 0 atom stereocenters. The van der Waals surface area contributed by atoms with E-state index >= 15 is 0 Å². The molecule has 0 aliphatic rings. The number of ether oxygens (including phenoxy) is 1. The van der Waals surface area contributed by atoms with Crippen LogP contribution in [0.25, 0.3) is 0 Å². The Morgan fingerprint density at radius 1 is 1.00 bits per heavy atom. The first-order valence-corrected chi connectivity index (χ1v) is 6.85. The number of hydrogen-bond acceptors (Lipinski definition) is 4. The van der Waals surface area contributed by atoms with Crippen molar-refractivity contribution in [3.05, 3.63) is 48.5 Å². The van der Waals surface area contributed by atoms with E-state index in [9.17, 15) is 4.57 Å². The lowest BCUT2D eigenvalue weighted by Crippen LogP contribution is -1.95. The number of anilines is 1. The van der Waals surface area contributed by atoms with Crippen molar-refractivity contribution < 1.29 is 23.6 Å². The quantitative estimate of drug-likeness (QED) is 0.588. The summed E-state index contributed by atoms with van der Waals surface area (Å²) in [5.74, 6) is 0.966. The third kappa shape index (κ3) is 3.99. The van der Waals surface area contributed by atoms with Gasteiger partial charge in [-0.1, -0.05) is 18.2 Å². The molecule has 0 aliphatic heterocycles. The topological polar surface area (TPSA) is 102 Å². The summed E-state index contributed by atoms with van der Waals surface area (Å²) in [6, 6.07) is 13.2. The second-order valence-electron chi connectivity index (χ2n) is 3.70. The summed E-state index contributed by atoms with van der Waals surface area (Å²) in [4.78, 5) is 17.4. The summed E-state index contributed by atoms with van der Waals surface area (Å²) in [6.07, 6.45) is 0. The van der Waals surface area contributed by atoms with Gasteiger partial charge in [0.25, 0.3) is 0 Å². The molecule has 0 saturated carbocycles. The summed E-state index contributed by atoms with van der Waals surface area (Å²) in [7, 11) is -4.59. The molecule has 100 valence electrons. The van der Waals surface area contributed by atoms with E-state index in [-0.39, 0.29) is 11.4 Å². The van der Waals surface area contributed by atoms with E-state index in [2.05, 4.69) is 4.52 Å². The number of nitrogens with two attached hydrogens (primary N) is 1. The van der Waals surface area contributed by atoms with Crippen molar-refractivity contribution in [3.63, 3.8) is 0 Å². The fraction of sp³-hybridized carbons (Fsp3) is 0. The summed E-state index contributed by atoms with van der Waals surface area (Å²) < 4.78 is 20.6. The van der Waals surface area contributed by atoms with Crippen molar-refractivity contribution in [2.45, 2.75) is 0 Å². The van der Waals surface area contributed by atoms with E-state index in [1.807, 2.05) is 18.2 Å². The average molecular weight is 281 g/mol. The molecular formula is C12H12NO5P. The molecule has 0 bridgehead atoms. The predicted octanol–water partition coefficient (Wildman–Crippen LogP) is 2.53. The lowest BCUT2D eigenvalue weighted by molar-refractivity contribution is 0.283. The highest BCUT2D eigenvalue weighted by Gasteiger charge is 2.16. The van der Waals surface area contributed by atoms with Gasteiger partial charge in [-0.3, -0.25) is 9.79 Å². The number of hydrogen-bond donors (Lipinski definition) is 3. The molecule has 0 amide bonds. The van der Waals surface area contributed by atoms with E-state index in [4.69, 9.17) is 20.3 Å². The van der Waals surface area contributed by atoms with Gasteiger partial charge in [-0.05, 0) is 24.3 Å². The second kappa shape index (κ2) is 5.32. The fourth-order valence-electron chi connectivity index (χ4n) is 1.43. The maximum Gasteiger partial charge on any atom is 0.524 e. The second-order valence-corrected chi connectivity index (χ2v) is 4.86. The molecule has 2 rings (SSSR count). The number of para-hydroxylation sites is 1. The highest BCUT2D eigenvalue weighted by atomic mass is 31.2. The van der Waals surface area contributed by atoms with E-state index in [0.29, 0.717) is 11.5 Å². The van der Waals surface area contributed by atoms with Crippen molar-refractivity contribution in [2.24, 2.45) is 0 Å². The first-order chi connectivity index (χ1) is 8.94. The first kappa shape index (κ1) is 13.4. The van der Waals surface area contributed by atoms with Crippen LogP contribution >= 0.6 is 7.82 Å². The van der Waals surface area contributed by atoms with Crippen LogP contribution in [0.4, 0.5) is 5.69 Å². The van der Waals surface area contributed by atoms with Gasteiger partial charge in [0.15, 0.2) is 5.75 Å². The van der Waals surface area contributed by atoms with Crippen molar-refractivity contribution in [2.75, 3.05) is 5.73 Å². The van der Waals surface area contributed by atoms with Gasteiger partial charge in [-0.25, -0.2) is 4.57 Å². The standard InChI is InChI=1S/C12H12NO5P/c13-11-8-10(18-19(14,15)16)6-7-12(11)17-9-4-2-1-3-5-9/h1-8H,13H2,(H2,14,15,16). The third-order valence-corrected chi connectivity index (χ3v) is 2.63. The molecule has 0 unspecified atom stereocenters. The van der Waals surface area contributed by atoms with Crippen LogP contribution in [0.15, 0.2) is 48.5 Å². The molecular weight excluding hydrogens is 269 g/mol. The number of benzene rings is 2. The monoisotopic (exact) mass is 281 g/mol. The molecule has 0 aromatic heterocycles. The van der Waals surface area contributed by atoms with Crippen LogP contribution in [0.2, 0.25) is 0 Å². The Morgan fingerprint density at radius 3 is 2.26 bits per heavy atom. The summed E-state index contributed by atoms with van der Waals surface area (Å²) in [6.45, 7) is 0. The van der Waals surface area contributed by atoms with Gasteiger partial charge < -0.3 is 15.0 Å². The van der Waals surface area contributed by atoms with Gasteiger partial charge in [-0.2, -0.15) is 0 Å². The Labute approximate surface area is 109 Å². The van der Waals surface area contributed by atoms with Gasteiger partial charge >= 0.3 is 7.82 Å². The van der Waals surface area contributed by atoms with Crippen LogP contribution in [0.1, 0.15) is 0 Å². The van der Waals surface area contributed by atoms with E-state index in [1.165, 1.54) is 18.2 Å². The Bertz CT molecular complexity index is 611. The van der Waals surface area contributed by atoms with E-state index in [1.54, 1.807) is 12.1 Å². The largest absolute Gasteiger partial charge is 0.524 e. The third-order valence-electron chi connectivity index (χ3n) is 2.18. The van der Waals surface area contributed by atoms with E-state index in [0.717, 1.165) is 0 Å². The Hall–Kier alpha value is -2.01. The van der Waals surface area contributed by atoms with Crippen molar-refractivity contribution >= 4 is 13.5 Å². The number of phosphoric acid groups is 1. The zero-order chi connectivity index (χ0) is 13.9. The molecule has 0 aliphatic carbocycles. The van der Waals surface area contributed by atoms with Gasteiger partial charge in [0.1, 0.15) is 11.5 Å². The first-order valence-electron chi connectivity index (χ1n) is 5.31. The van der Waals surface area contributed by atoms with Gasteiger partial charge in [0.2, 0.25) is 0 Å². The molecule has 4 N–H and O–H groups in total. The molecule has 2 aromatic rings. The maximum absolute atomic E-state index is 10.7. The molecule has 0 fully saturated rings. The van der Waals surface area contributed by atoms with Crippen molar-refractivity contribution in [1.29, 1.82) is 0 Å². The average Bonchev–Trinajstić information content (AvgIpc) is 2.32. The Kier molecular flexibility index (Phi) is 3.76. The highest BCUT2D eigenvalue weighted by molar-refractivity contribution is 7.46. The molecule has 0 heterocycles. The van der Waals surface area contributed by atoms with Crippen LogP contribution < -0.4 is 15.0 Å². The molecule has 6 nitrogen and oxygen atoms in total. The van der Waals surface area contributed by atoms with E-state index < -0.39 is 7.82 Å². The predicted molar refractivity (Wildman–Crippen MR) is 70.0 cm³/mol. The van der Waals surface area contributed by atoms with Crippen LogP contribution in [-0.2, 0) is 4.57 Å². The van der Waals surface area contributed by atoms with Crippen LogP contribution in [-0.4, -0.2) is 9.79 Å². The van der Waals surface area contributed by atoms with Crippen molar-refractivity contribution in [3.8, 4) is 17.2 Å². The van der Waals surface area contributed by atoms with Gasteiger partial charge in [0.05, 0.1) is 5.69 Å². The minimum Gasteiger partial charge on any atom is -0.455 e. The summed E-state index contributed by atoms with van der Waals surface area (Å²) in [5, 5.41) is 0. The lowest BCUT2D eigenvalue weighted by atomic mass is 10.3. The lowest BCUT2D eigenvalue weighted by Gasteiger charge is -2.11. The number of rotatable bonds is 4. The fourth-order valence-corrected chi connectivity index (χ4v) is 1.82. The minimum atomic E-state index is -4.59. The van der Waals surface area contributed by atoms with Crippen LogP contribution in [0.3, 0.4) is 0 Å². The molecule has 19 heavy (non-hydrogen) atoms. The molecule has 0 saturated heterocycles. The SMILES string of the molecule is Nc1cc(OP(=O)(O)O)ccc1Oc1ccccc1. The number of phosphoric ester groups is 1. The zero-order valence-electron chi connectivity index (χ0n) is 9.76. The molecule has 2 aromatic carbocycles. The van der Waals surface area contributed by atoms with Gasteiger partial charge in [0, 0.05) is 6.07 Å². The number of nitrogen functional groups attached to an aromatic ring is 1. The summed E-state index contributed by atoms with van der Waals surface area (Å²) in [5.41, 5.74) is 5.95.